The van der Waals surface area contributed by atoms with Gasteiger partial charge in [0, 0.05) is 31.5 Å². The quantitative estimate of drug-likeness (QED) is 0.550. The molecule has 1 aliphatic heterocycles. The van der Waals surface area contributed by atoms with Gasteiger partial charge in [0.15, 0.2) is 5.82 Å². The monoisotopic (exact) mass is 432 g/mol. The van der Waals surface area contributed by atoms with Crippen LogP contribution < -0.4 is 10.3 Å². The van der Waals surface area contributed by atoms with Gasteiger partial charge in [-0.3, -0.25) is 9.59 Å². The Balaban J connectivity index is 1.34. The minimum absolute atomic E-state index is 0.0310. The molecule has 2 heterocycles. The van der Waals surface area contributed by atoms with Gasteiger partial charge in [0.2, 0.25) is 5.91 Å². The van der Waals surface area contributed by atoms with E-state index in [0.717, 1.165) is 30.6 Å². The minimum atomic E-state index is -0.310. The Hall–Kier alpha value is -3.48. The Morgan fingerprint density at radius 1 is 1.09 bits per heavy atom. The van der Waals surface area contributed by atoms with Gasteiger partial charge in [-0.05, 0) is 48.2 Å². The largest absolute Gasteiger partial charge is 0.494 e. The summed E-state index contributed by atoms with van der Waals surface area (Å²) in [7, 11) is 0. The van der Waals surface area contributed by atoms with Crippen LogP contribution in [0.1, 0.15) is 43.0 Å². The molecule has 0 saturated carbocycles. The molecule has 0 unspecified atom stereocenters. The van der Waals surface area contributed by atoms with Gasteiger partial charge in [0.05, 0.1) is 6.61 Å². The van der Waals surface area contributed by atoms with Gasteiger partial charge in [0.1, 0.15) is 11.4 Å². The summed E-state index contributed by atoms with van der Waals surface area (Å²) >= 11 is 0. The Morgan fingerprint density at radius 2 is 1.88 bits per heavy atom. The summed E-state index contributed by atoms with van der Waals surface area (Å²) in [5.41, 5.74) is 3.21. The summed E-state index contributed by atoms with van der Waals surface area (Å²) in [6, 6.07) is 15.6. The number of ether oxygens (including phenoxy) is 1. The molecule has 0 aliphatic carbocycles. The third-order valence-corrected chi connectivity index (χ3v) is 5.72. The number of aromatic amines is 1. The molecule has 4 rings (SSSR count). The van der Waals surface area contributed by atoms with E-state index < -0.39 is 0 Å². The maximum atomic E-state index is 12.7. The number of nitrogens with zero attached hydrogens (tertiary/aromatic N) is 3. The molecule has 7 heteroatoms. The third-order valence-electron chi connectivity index (χ3n) is 5.72. The molecule has 32 heavy (non-hydrogen) atoms. The molecule has 1 amide bonds. The number of benzene rings is 2. The molecule has 1 aromatic heterocycles. The summed E-state index contributed by atoms with van der Waals surface area (Å²) in [6.45, 7) is 4.13. The van der Waals surface area contributed by atoms with Gasteiger partial charge in [0.25, 0.3) is 5.56 Å². The predicted molar refractivity (Wildman–Crippen MR) is 122 cm³/mol. The number of aromatic nitrogens is 3. The van der Waals surface area contributed by atoms with Gasteiger partial charge in [-0.25, -0.2) is 0 Å². The van der Waals surface area contributed by atoms with Crippen LogP contribution in [-0.4, -0.2) is 39.1 Å². The topological polar surface area (TPSA) is 88.2 Å². The maximum absolute atomic E-state index is 12.7. The fraction of sp³-hybridized carbons (Fsp3) is 0.360. The maximum Gasteiger partial charge on any atom is 0.273 e. The van der Waals surface area contributed by atoms with Gasteiger partial charge >= 0.3 is 0 Å². The molecule has 0 saturated heterocycles. The minimum Gasteiger partial charge on any atom is -0.494 e. The zero-order valence-corrected chi connectivity index (χ0v) is 18.3. The van der Waals surface area contributed by atoms with E-state index in [4.69, 9.17) is 4.74 Å². The van der Waals surface area contributed by atoms with Crippen LogP contribution in [0.4, 0.5) is 0 Å². The molecule has 1 aliphatic rings. The van der Waals surface area contributed by atoms with Crippen LogP contribution in [0.15, 0.2) is 53.3 Å². The number of fused-ring (bicyclic) bond motifs is 1. The molecule has 0 bridgehead atoms. The number of H-pyrrole nitrogens is 1. The zero-order valence-electron chi connectivity index (χ0n) is 18.3. The normalized spacial score (nSPS) is 13.0. The first kappa shape index (κ1) is 21.7. The van der Waals surface area contributed by atoms with Crippen molar-refractivity contribution in [1.29, 1.82) is 0 Å². The fourth-order valence-electron chi connectivity index (χ4n) is 3.79. The second-order valence-corrected chi connectivity index (χ2v) is 8.01. The van der Waals surface area contributed by atoms with Crippen molar-refractivity contribution < 1.29 is 9.53 Å². The summed E-state index contributed by atoms with van der Waals surface area (Å²) in [4.78, 5) is 29.8. The highest BCUT2D eigenvalue weighted by Gasteiger charge is 2.20. The molecule has 1 N–H and O–H groups in total. The lowest BCUT2D eigenvalue weighted by Gasteiger charge is -2.28. The van der Waals surface area contributed by atoms with E-state index in [-0.39, 0.29) is 30.0 Å². The lowest BCUT2D eigenvalue weighted by molar-refractivity contribution is -0.132. The van der Waals surface area contributed by atoms with E-state index in [1.165, 1.54) is 11.1 Å². The van der Waals surface area contributed by atoms with Crippen LogP contribution in [0.25, 0.3) is 11.4 Å². The number of rotatable bonds is 8. The second-order valence-electron chi connectivity index (χ2n) is 8.01. The highest BCUT2D eigenvalue weighted by molar-refractivity contribution is 5.76. The SMILES string of the molecule is CCCCOc1ccc(-c2nnc(CCC(=O)N3CCc4ccccc4C3)c(=O)[nH]2)cc1. The van der Waals surface area contributed by atoms with Crippen molar-refractivity contribution in [2.45, 2.75) is 45.6 Å². The number of amides is 1. The first-order chi connectivity index (χ1) is 15.6. The highest BCUT2D eigenvalue weighted by atomic mass is 16.5. The van der Waals surface area contributed by atoms with Crippen LogP contribution in [0.3, 0.4) is 0 Å². The lowest BCUT2D eigenvalue weighted by atomic mass is 9.99. The van der Waals surface area contributed by atoms with E-state index in [0.29, 0.717) is 25.5 Å². The van der Waals surface area contributed by atoms with Crippen molar-refractivity contribution in [2.75, 3.05) is 13.2 Å². The molecular weight excluding hydrogens is 404 g/mol. The van der Waals surface area contributed by atoms with Crippen molar-refractivity contribution in [3.05, 3.63) is 75.7 Å². The Labute approximate surface area is 187 Å². The second kappa shape index (κ2) is 10.2. The van der Waals surface area contributed by atoms with E-state index in [1.807, 2.05) is 41.3 Å². The number of aryl methyl sites for hydroxylation is 1. The number of carbonyl (C=O) groups is 1. The Morgan fingerprint density at radius 3 is 2.62 bits per heavy atom. The van der Waals surface area contributed by atoms with E-state index >= 15 is 0 Å². The number of hydrogen-bond acceptors (Lipinski definition) is 5. The fourth-order valence-corrected chi connectivity index (χ4v) is 3.79. The van der Waals surface area contributed by atoms with Crippen LogP contribution in [0.5, 0.6) is 5.75 Å². The van der Waals surface area contributed by atoms with Gasteiger partial charge < -0.3 is 14.6 Å². The molecule has 0 fully saturated rings. The smallest absolute Gasteiger partial charge is 0.273 e. The number of nitrogens with one attached hydrogen (secondary N) is 1. The average Bonchev–Trinajstić information content (AvgIpc) is 2.83. The van der Waals surface area contributed by atoms with Crippen molar-refractivity contribution in [3.63, 3.8) is 0 Å². The summed E-state index contributed by atoms with van der Waals surface area (Å²) < 4.78 is 5.66. The van der Waals surface area contributed by atoms with Crippen LogP contribution in [0.2, 0.25) is 0 Å². The van der Waals surface area contributed by atoms with Crippen molar-refractivity contribution >= 4 is 5.91 Å². The molecule has 0 radical (unpaired) electrons. The molecule has 0 atom stereocenters. The Bertz CT molecular complexity index is 1120. The Kier molecular flexibility index (Phi) is 6.94. The summed E-state index contributed by atoms with van der Waals surface area (Å²) in [5, 5.41) is 8.26. The highest BCUT2D eigenvalue weighted by Crippen LogP contribution is 2.20. The van der Waals surface area contributed by atoms with E-state index in [2.05, 4.69) is 34.2 Å². The van der Waals surface area contributed by atoms with Crippen molar-refractivity contribution in [2.24, 2.45) is 0 Å². The lowest BCUT2D eigenvalue weighted by Crippen LogP contribution is -2.36. The van der Waals surface area contributed by atoms with Gasteiger partial charge in [-0.1, -0.05) is 37.6 Å². The van der Waals surface area contributed by atoms with Gasteiger partial charge in [-0.15, -0.1) is 10.2 Å². The molecule has 3 aromatic rings. The predicted octanol–water partition coefficient (Wildman–Crippen LogP) is 3.53. The molecule has 166 valence electrons. The van der Waals surface area contributed by atoms with E-state index in [9.17, 15) is 9.59 Å². The van der Waals surface area contributed by atoms with Crippen molar-refractivity contribution in [1.82, 2.24) is 20.1 Å². The van der Waals surface area contributed by atoms with Crippen LogP contribution in [0, 0.1) is 0 Å². The summed E-state index contributed by atoms with van der Waals surface area (Å²) in [6.07, 6.45) is 3.46. The van der Waals surface area contributed by atoms with E-state index in [1.54, 1.807) is 0 Å². The van der Waals surface area contributed by atoms with Crippen LogP contribution >= 0.6 is 0 Å². The third kappa shape index (κ3) is 5.22. The standard InChI is InChI=1S/C25H28N4O3/c1-2-3-16-32-21-10-8-19(9-11-21)24-26-25(31)22(27-28-24)12-13-23(30)29-15-14-18-6-4-5-7-20(18)17-29/h4-11H,2-3,12-17H2,1H3,(H,26,28,31). The first-order valence-electron chi connectivity index (χ1n) is 11.2. The summed E-state index contributed by atoms with van der Waals surface area (Å²) in [5.74, 6) is 1.22. The molecular formula is C25H28N4O3. The van der Waals surface area contributed by atoms with Crippen molar-refractivity contribution in [3.8, 4) is 17.1 Å². The number of hydrogen-bond donors (Lipinski definition) is 1. The average molecular weight is 433 g/mol. The number of unbranched alkanes of at least 4 members (excludes halogenated alkanes) is 1. The molecule has 2 aromatic carbocycles. The van der Waals surface area contributed by atoms with Crippen LogP contribution in [-0.2, 0) is 24.2 Å². The zero-order chi connectivity index (χ0) is 22.3. The number of carbonyl (C=O) groups excluding carboxylic acids is 1. The molecule has 0 spiro atoms. The molecule has 7 nitrogen and oxygen atoms in total. The van der Waals surface area contributed by atoms with Gasteiger partial charge in [-0.2, -0.15) is 0 Å². The first-order valence-corrected chi connectivity index (χ1v) is 11.2.